The van der Waals surface area contributed by atoms with E-state index in [2.05, 4.69) is 16.7 Å². The van der Waals surface area contributed by atoms with Crippen LogP contribution in [0.2, 0.25) is 0 Å². The molecule has 32 heavy (non-hydrogen) atoms. The van der Waals surface area contributed by atoms with Gasteiger partial charge in [0.05, 0.1) is 24.3 Å². The third kappa shape index (κ3) is 5.84. The minimum absolute atomic E-state index is 0.0752. The third-order valence-corrected chi connectivity index (χ3v) is 5.74. The first-order valence-corrected chi connectivity index (χ1v) is 10.6. The molecule has 1 saturated heterocycles. The van der Waals surface area contributed by atoms with Crippen LogP contribution < -0.4 is 10.6 Å². The van der Waals surface area contributed by atoms with Gasteiger partial charge < -0.3 is 25.7 Å². The van der Waals surface area contributed by atoms with Crippen LogP contribution in [0.15, 0.2) is 42.5 Å². The molecule has 4 N–H and O–H groups in total. The second-order valence-corrected chi connectivity index (χ2v) is 8.00. The molecule has 1 fully saturated rings. The minimum atomic E-state index is -1.03. The third-order valence-electron chi connectivity index (χ3n) is 5.74. The highest BCUT2D eigenvalue weighted by molar-refractivity contribution is 5.97. The van der Waals surface area contributed by atoms with Crippen molar-refractivity contribution in [2.75, 3.05) is 31.6 Å². The first-order chi connectivity index (χ1) is 15.4. The Bertz CT molecular complexity index is 992. The SMILES string of the molecule is Cc1ccc(C(=O)N2CCC(c3ccc(C#N)cc3)CC2)cc1NC(=O)NCC(O)CO. The number of hydrogen-bond acceptors (Lipinski definition) is 5. The molecule has 0 saturated carbocycles. The zero-order chi connectivity index (χ0) is 23.1. The number of aryl methyl sites for hydroxylation is 1. The summed E-state index contributed by atoms with van der Waals surface area (Å²) in [4.78, 5) is 26.9. The topological polar surface area (TPSA) is 126 Å². The van der Waals surface area contributed by atoms with E-state index in [0.29, 0.717) is 35.8 Å². The van der Waals surface area contributed by atoms with Crippen LogP contribution in [0.1, 0.15) is 45.8 Å². The number of aliphatic hydroxyl groups excluding tert-OH is 2. The Labute approximate surface area is 187 Å². The van der Waals surface area contributed by atoms with Gasteiger partial charge in [-0.1, -0.05) is 18.2 Å². The number of piperidine rings is 1. The van der Waals surface area contributed by atoms with E-state index in [1.807, 2.05) is 36.1 Å². The van der Waals surface area contributed by atoms with Crippen LogP contribution in [0.5, 0.6) is 0 Å². The van der Waals surface area contributed by atoms with Gasteiger partial charge in [-0.2, -0.15) is 5.26 Å². The molecule has 2 aromatic rings. The molecule has 0 spiro atoms. The van der Waals surface area contributed by atoms with E-state index in [1.54, 1.807) is 18.2 Å². The molecule has 8 heteroatoms. The molecule has 0 aliphatic carbocycles. The number of nitrogens with zero attached hydrogens (tertiary/aromatic N) is 2. The van der Waals surface area contributed by atoms with Gasteiger partial charge in [0.2, 0.25) is 0 Å². The normalized spacial score (nSPS) is 15.0. The fourth-order valence-electron chi connectivity index (χ4n) is 3.76. The van der Waals surface area contributed by atoms with E-state index in [9.17, 15) is 14.7 Å². The Hall–Kier alpha value is -3.41. The molecule has 3 rings (SSSR count). The van der Waals surface area contributed by atoms with Crippen molar-refractivity contribution in [1.29, 1.82) is 5.26 Å². The van der Waals surface area contributed by atoms with Crippen LogP contribution in [0, 0.1) is 18.3 Å². The van der Waals surface area contributed by atoms with Crippen molar-refractivity contribution in [2.45, 2.75) is 31.8 Å². The molecular formula is C24H28N4O4. The summed E-state index contributed by atoms with van der Waals surface area (Å²) in [7, 11) is 0. The van der Waals surface area contributed by atoms with Crippen molar-refractivity contribution in [2.24, 2.45) is 0 Å². The van der Waals surface area contributed by atoms with Gasteiger partial charge in [-0.3, -0.25) is 4.79 Å². The van der Waals surface area contributed by atoms with Gasteiger partial charge in [-0.05, 0) is 61.1 Å². The Morgan fingerprint density at radius 2 is 1.88 bits per heavy atom. The Kier molecular flexibility index (Phi) is 7.82. The number of carbonyl (C=O) groups is 2. The Morgan fingerprint density at radius 1 is 1.19 bits per heavy atom. The van der Waals surface area contributed by atoms with Gasteiger partial charge in [0.1, 0.15) is 0 Å². The predicted molar refractivity (Wildman–Crippen MR) is 120 cm³/mol. The zero-order valence-corrected chi connectivity index (χ0v) is 18.0. The number of nitriles is 1. The number of carbonyl (C=O) groups excluding carboxylic acids is 2. The van der Waals surface area contributed by atoms with E-state index < -0.39 is 18.7 Å². The number of rotatable bonds is 6. The van der Waals surface area contributed by atoms with E-state index in [-0.39, 0.29) is 12.5 Å². The van der Waals surface area contributed by atoms with Gasteiger partial charge in [-0.15, -0.1) is 0 Å². The molecule has 2 aromatic carbocycles. The lowest BCUT2D eigenvalue weighted by Gasteiger charge is -2.32. The van der Waals surface area contributed by atoms with Crippen molar-refractivity contribution >= 4 is 17.6 Å². The summed E-state index contributed by atoms with van der Waals surface area (Å²) in [6, 6.07) is 14.4. The summed E-state index contributed by atoms with van der Waals surface area (Å²) < 4.78 is 0. The molecule has 1 atom stereocenters. The standard InChI is InChI=1S/C24H28N4O4/c1-16-2-5-20(12-22(16)27-24(32)26-14-21(30)15-29)23(31)28-10-8-19(9-11-28)18-6-3-17(13-25)4-7-18/h2-7,12,19,21,29-30H,8-11,14-15H2,1H3,(H2,26,27,32). The maximum absolute atomic E-state index is 13.0. The summed E-state index contributed by atoms with van der Waals surface area (Å²) in [5.41, 5.74) is 3.65. The quantitative estimate of drug-likeness (QED) is 0.553. The van der Waals surface area contributed by atoms with Crippen molar-refractivity contribution in [1.82, 2.24) is 10.2 Å². The summed E-state index contributed by atoms with van der Waals surface area (Å²) in [6.07, 6.45) is 0.677. The number of likely N-dealkylation sites (tertiary alicyclic amines) is 1. The second-order valence-electron chi connectivity index (χ2n) is 8.00. The lowest BCUT2D eigenvalue weighted by atomic mass is 9.89. The molecule has 0 bridgehead atoms. The van der Waals surface area contributed by atoms with Gasteiger partial charge in [0.25, 0.3) is 5.91 Å². The highest BCUT2D eigenvalue weighted by Gasteiger charge is 2.25. The highest BCUT2D eigenvalue weighted by Crippen LogP contribution is 2.29. The van der Waals surface area contributed by atoms with Crippen LogP contribution in [0.4, 0.5) is 10.5 Å². The fraction of sp³-hybridized carbons (Fsp3) is 0.375. The summed E-state index contributed by atoms with van der Waals surface area (Å²) in [5, 5.41) is 32.3. The Morgan fingerprint density at radius 3 is 2.50 bits per heavy atom. The first kappa shape index (κ1) is 23.3. The lowest BCUT2D eigenvalue weighted by molar-refractivity contribution is 0.0713. The molecule has 168 valence electrons. The van der Waals surface area contributed by atoms with Gasteiger partial charge >= 0.3 is 6.03 Å². The van der Waals surface area contributed by atoms with Crippen LogP contribution in [0.3, 0.4) is 0 Å². The summed E-state index contributed by atoms with van der Waals surface area (Å²) >= 11 is 0. The number of urea groups is 1. The monoisotopic (exact) mass is 436 g/mol. The Balaban J connectivity index is 1.60. The maximum Gasteiger partial charge on any atom is 0.319 e. The molecular weight excluding hydrogens is 408 g/mol. The number of benzene rings is 2. The van der Waals surface area contributed by atoms with Gasteiger partial charge in [0, 0.05) is 30.9 Å². The van der Waals surface area contributed by atoms with Crippen LogP contribution in [-0.2, 0) is 0 Å². The van der Waals surface area contributed by atoms with Gasteiger partial charge in [0.15, 0.2) is 0 Å². The van der Waals surface area contributed by atoms with Crippen molar-refractivity contribution in [3.63, 3.8) is 0 Å². The summed E-state index contributed by atoms with van der Waals surface area (Å²) in [5.74, 6) is 0.280. The van der Waals surface area contributed by atoms with Crippen LogP contribution in [-0.4, -0.2) is 59.4 Å². The lowest BCUT2D eigenvalue weighted by Crippen LogP contribution is -2.38. The molecule has 1 unspecified atom stereocenters. The van der Waals surface area contributed by atoms with Crippen molar-refractivity contribution < 1.29 is 19.8 Å². The highest BCUT2D eigenvalue weighted by atomic mass is 16.3. The number of hydrogen-bond donors (Lipinski definition) is 4. The first-order valence-electron chi connectivity index (χ1n) is 10.6. The van der Waals surface area contributed by atoms with E-state index >= 15 is 0 Å². The average Bonchev–Trinajstić information content (AvgIpc) is 2.83. The van der Waals surface area contributed by atoms with Crippen LogP contribution in [0.25, 0.3) is 0 Å². The fourth-order valence-corrected chi connectivity index (χ4v) is 3.76. The number of aliphatic hydroxyl groups is 2. The number of anilines is 1. The van der Waals surface area contributed by atoms with E-state index in [4.69, 9.17) is 10.4 Å². The van der Waals surface area contributed by atoms with Crippen LogP contribution >= 0.6 is 0 Å². The van der Waals surface area contributed by atoms with E-state index in [1.165, 1.54) is 5.56 Å². The second kappa shape index (κ2) is 10.8. The number of amides is 3. The maximum atomic E-state index is 13.0. The van der Waals surface area contributed by atoms with Crippen molar-refractivity contribution in [3.05, 3.63) is 64.7 Å². The molecule has 1 aliphatic heterocycles. The number of nitrogens with one attached hydrogen (secondary N) is 2. The van der Waals surface area contributed by atoms with Crippen molar-refractivity contribution in [3.8, 4) is 6.07 Å². The minimum Gasteiger partial charge on any atom is -0.394 e. The van der Waals surface area contributed by atoms with Gasteiger partial charge in [-0.25, -0.2) is 4.79 Å². The smallest absolute Gasteiger partial charge is 0.319 e. The molecule has 0 aromatic heterocycles. The predicted octanol–water partition coefficient (Wildman–Crippen LogP) is 2.36. The zero-order valence-electron chi connectivity index (χ0n) is 18.0. The summed E-state index contributed by atoms with van der Waals surface area (Å²) in [6.45, 7) is 2.59. The molecule has 0 radical (unpaired) electrons. The van der Waals surface area contributed by atoms with E-state index in [0.717, 1.165) is 18.4 Å². The molecule has 1 aliphatic rings. The average molecular weight is 437 g/mol. The molecule has 8 nitrogen and oxygen atoms in total. The molecule has 1 heterocycles. The largest absolute Gasteiger partial charge is 0.394 e. The molecule has 3 amide bonds.